The van der Waals surface area contributed by atoms with Gasteiger partial charge >= 0.3 is 12.1 Å². The maximum absolute atomic E-state index is 14.0. The normalized spacial score (nSPS) is 14.8. The predicted molar refractivity (Wildman–Crippen MR) is 308 cm³/mol. The van der Waals surface area contributed by atoms with Crippen LogP contribution in [0.2, 0.25) is 18.1 Å². The largest absolute Gasteiger partial charge is 0.506 e. The molecule has 0 spiro atoms. The fourth-order valence-electron chi connectivity index (χ4n) is 9.49. The smallest absolute Gasteiger partial charge is 0.410 e. The van der Waals surface area contributed by atoms with Crippen molar-refractivity contribution in [3.8, 4) is 5.75 Å². The van der Waals surface area contributed by atoms with Crippen molar-refractivity contribution < 1.29 is 43.3 Å². The number of phenols is 1. The molecule has 0 radical (unpaired) electrons. The summed E-state index contributed by atoms with van der Waals surface area (Å²) in [5.41, 5.74) is 1.37. The zero-order valence-corrected chi connectivity index (χ0v) is 47.6. The lowest BCUT2D eigenvalue weighted by Gasteiger charge is -2.41. The molecule has 14 nitrogen and oxygen atoms in total. The van der Waals surface area contributed by atoms with Gasteiger partial charge in [-0.1, -0.05) is 130 Å². The van der Waals surface area contributed by atoms with E-state index in [0.717, 1.165) is 38.0 Å². The third-order valence-electron chi connectivity index (χ3n) is 14.9. The summed E-state index contributed by atoms with van der Waals surface area (Å²) in [6.45, 7) is 19.2. The molecule has 2 amide bonds. The number of carbonyl (C=O) groups excluding carboxylic acids is 4. The molecule has 1 fully saturated rings. The number of amides is 2. The first-order valence-corrected chi connectivity index (χ1v) is 30.1. The Labute approximate surface area is 460 Å². The summed E-state index contributed by atoms with van der Waals surface area (Å²) in [6, 6.07) is 39.3. The lowest BCUT2D eigenvalue weighted by Crippen LogP contribution is -2.45. The number of piperidine rings is 1. The van der Waals surface area contributed by atoms with Gasteiger partial charge in [-0.3, -0.25) is 19.3 Å². The van der Waals surface area contributed by atoms with Crippen molar-refractivity contribution in [2.75, 3.05) is 31.6 Å². The third-order valence-corrected chi connectivity index (χ3v) is 19.4. The topological polar surface area (TPSA) is 188 Å². The van der Waals surface area contributed by atoms with Crippen molar-refractivity contribution in [3.05, 3.63) is 177 Å². The van der Waals surface area contributed by atoms with Gasteiger partial charge in [-0.15, -0.1) is 0 Å². The van der Waals surface area contributed by atoms with Crippen molar-refractivity contribution in [2.24, 2.45) is 5.92 Å². The molecule has 1 saturated heterocycles. The molecule has 1 aliphatic rings. The molecular formula is C63H78N4O10Si. The minimum atomic E-state index is -2.49. The lowest BCUT2D eigenvalue weighted by atomic mass is 9.86. The van der Waals surface area contributed by atoms with Crippen LogP contribution in [0.15, 0.2) is 138 Å². The highest BCUT2D eigenvalue weighted by molar-refractivity contribution is 6.74. The van der Waals surface area contributed by atoms with Crippen LogP contribution in [0, 0.1) is 5.92 Å². The lowest BCUT2D eigenvalue weighted by molar-refractivity contribution is -0.164. The third kappa shape index (κ3) is 15.6. The summed E-state index contributed by atoms with van der Waals surface area (Å²) < 4.78 is 18.9. The molecule has 15 heteroatoms. The number of hydrogen-bond donors (Lipinski definition) is 4. The van der Waals surface area contributed by atoms with Gasteiger partial charge in [-0.05, 0) is 130 Å². The molecule has 1 aliphatic heterocycles. The van der Waals surface area contributed by atoms with E-state index in [0.29, 0.717) is 47.0 Å². The van der Waals surface area contributed by atoms with Crippen molar-refractivity contribution in [3.63, 3.8) is 0 Å². The fourth-order valence-corrected chi connectivity index (χ4v) is 10.8. The van der Waals surface area contributed by atoms with Crippen LogP contribution in [-0.2, 0) is 42.2 Å². The Hall–Kier alpha value is -6.91. The number of hydrogen-bond acceptors (Lipinski definition) is 11. The Morgan fingerprint density at radius 1 is 0.769 bits per heavy atom. The van der Waals surface area contributed by atoms with Crippen LogP contribution in [-0.4, -0.2) is 88.9 Å². The average Bonchev–Trinajstić information content (AvgIpc) is 3.45. The molecular weight excluding hydrogens is 1000 g/mol. The van der Waals surface area contributed by atoms with Crippen LogP contribution >= 0.6 is 0 Å². The minimum Gasteiger partial charge on any atom is -0.506 e. The summed E-state index contributed by atoms with van der Waals surface area (Å²) in [5.74, 6) is -0.947. The second-order valence-electron chi connectivity index (χ2n) is 23.2. The number of unbranched alkanes of at least 4 members (excludes halogenated alkanes) is 2. The molecule has 0 aliphatic carbocycles. The quantitative estimate of drug-likeness (QED) is 0.0219. The Bertz CT molecular complexity index is 3050. The molecule has 0 saturated carbocycles. The van der Waals surface area contributed by atoms with E-state index in [9.17, 15) is 34.2 Å². The van der Waals surface area contributed by atoms with Crippen LogP contribution < -0.4 is 10.9 Å². The SMILES string of the molecule is CC(C)(C)OC(=O)N(Cc1ccc(C(=O)CCCCCC(=O)Nc2cccc(C(O)(C(=O)OCC3CCN(Cc4ccccc4)CC3)c3ccccc3)c2)cc1)C[C@H](O[Si](C)(C)C(C)(C)C)c1ccc(O)c2[nH]c(=O)ccc12. The Kier molecular flexibility index (Phi) is 19.4. The Morgan fingerprint density at radius 3 is 2.09 bits per heavy atom. The van der Waals surface area contributed by atoms with Gasteiger partial charge in [0.2, 0.25) is 17.1 Å². The zero-order valence-electron chi connectivity index (χ0n) is 46.6. The van der Waals surface area contributed by atoms with Gasteiger partial charge in [-0.25, -0.2) is 9.59 Å². The second-order valence-corrected chi connectivity index (χ2v) is 28.0. The van der Waals surface area contributed by atoms with E-state index in [2.05, 4.69) is 61.2 Å². The highest BCUT2D eigenvalue weighted by Crippen LogP contribution is 2.42. The minimum absolute atomic E-state index is 0.0412. The first-order chi connectivity index (χ1) is 37.0. The molecule has 414 valence electrons. The van der Waals surface area contributed by atoms with Gasteiger partial charge < -0.3 is 39.3 Å². The molecule has 7 rings (SSSR count). The van der Waals surface area contributed by atoms with E-state index < -0.39 is 37.7 Å². The van der Waals surface area contributed by atoms with Gasteiger partial charge in [0.15, 0.2) is 14.1 Å². The number of rotatable bonds is 22. The van der Waals surface area contributed by atoms with Gasteiger partial charge in [0.05, 0.1) is 24.8 Å². The number of benzene rings is 5. The van der Waals surface area contributed by atoms with Gasteiger partial charge in [0.1, 0.15) is 11.4 Å². The number of aromatic amines is 1. The number of aromatic hydroxyl groups is 1. The van der Waals surface area contributed by atoms with Crippen LogP contribution in [0.3, 0.4) is 0 Å². The molecule has 2 atom stereocenters. The molecule has 4 N–H and O–H groups in total. The van der Waals surface area contributed by atoms with Crippen molar-refractivity contribution in [2.45, 2.75) is 135 Å². The number of likely N-dealkylation sites (tertiary alicyclic amines) is 1. The second kappa shape index (κ2) is 25.7. The molecule has 2 heterocycles. The van der Waals surface area contributed by atoms with E-state index in [1.807, 2.05) is 36.4 Å². The number of ketones is 1. The number of Topliss-reactive ketones (excluding diaryl/α,β-unsaturated/α-hetero) is 1. The first kappa shape index (κ1) is 58.8. The van der Waals surface area contributed by atoms with Gasteiger partial charge in [0.25, 0.3) is 0 Å². The van der Waals surface area contributed by atoms with Gasteiger partial charge in [0, 0.05) is 54.2 Å². The number of anilines is 1. The Morgan fingerprint density at radius 2 is 1.42 bits per heavy atom. The molecule has 1 aromatic heterocycles. The van der Waals surface area contributed by atoms with E-state index in [1.54, 1.807) is 98.5 Å². The summed E-state index contributed by atoms with van der Waals surface area (Å²) in [5, 5.41) is 26.3. The number of nitrogens with zero attached hydrogens (tertiary/aromatic N) is 2. The van der Waals surface area contributed by atoms with Gasteiger partial charge in [-0.2, -0.15) is 0 Å². The van der Waals surface area contributed by atoms with Crippen LogP contribution in [0.1, 0.15) is 131 Å². The fraction of sp³-hybridized carbons (Fsp3) is 0.413. The maximum atomic E-state index is 14.0. The number of fused-ring (bicyclic) bond motifs is 1. The van der Waals surface area contributed by atoms with Crippen molar-refractivity contribution in [1.82, 2.24) is 14.8 Å². The molecule has 5 aromatic carbocycles. The number of carbonyl (C=O) groups is 4. The highest BCUT2D eigenvalue weighted by atomic mass is 28.4. The van der Waals surface area contributed by atoms with Crippen LogP contribution in [0.25, 0.3) is 10.9 Å². The summed E-state index contributed by atoms with van der Waals surface area (Å²) in [4.78, 5) is 73.7. The van der Waals surface area contributed by atoms with Crippen molar-refractivity contribution >= 4 is 48.7 Å². The van der Waals surface area contributed by atoms with Crippen LogP contribution in [0.5, 0.6) is 5.75 Å². The zero-order chi connectivity index (χ0) is 56.3. The Balaban J connectivity index is 0.925. The van der Waals surface area contributed by atoms with Crippen LogP contribution in [0.4, 0.5) is 10.5 Å². The van der Waals surface area contributed by atoms with Crippen molar-refractivity contribution in [1.29, 1.82) is 0 Å². The molecule has 6 aromatic rings. The number of pyridine rings is 1. The number of esters is 1. The number of H-pyrrole nitrogens is 1. The summed E-state index contributed by atoms with van der Waals surface area (Å²) in [7, 11) is -2.49. The monoisotopic (exact) mass is 1080 g/mol. The predicted octanol–water partition coefficient (Wildman–Crippen LogP) is 12.2. The molecule has 1 unspecified atom stereocenters. The average molecular weight is 1080 g/mol. The number of aliphatic hydroxyl groups is 1. The molecule has 0 bridgehead atoms. The first-order valence-electron chi connectivity index (χ1n) is 27.2. The maximum Gasteiger partial charge on any atom is 0.410 e. The molecule has 78 heavy (non-hydrogen) atoms. The number of phenolic OH excluding ortho intramolecular Hbond substituents is 1. The standard InChI is InChI=1S/C63H78N4O10Si/c1-61(2,3)76-60(73)67(42-55(77-78(7,8)62(4,5)6)51-31-33-54(69)58-52(51)32-34-57(71)65-58)41-45-27-29-47(30-28-45)53(68)25-16-11-17-26-56(70)64-50-24-18-23-49(39-50)63(74,48-21-14-10-15-22-48)59(72)75-43-46-35-37-66(38-36-46)40-44-19-12-9-13-20-44/h9-10,12-15,18-24,27-34,39,46,55,69,74H,11,16-17,25-26,35-38,40-43H2,1-8H3,(H,64,70)(H,65,71)/t55-,63?/m0/s1. The van der Waals surface area contributed by atoms with E-state index in [1.165, 1.54) is 17.7 Å². The van der Waals surface area contributed by atoms with E-state index in [4.69, 9.17) is 13.9 Å². The number of ether oxygens (including phenoxy) is 2. The van der Waals surface area contributed by atoms with E-state index >= 15 is 0 Å². The number of aromatic nitrogens is 1. The van der Waals surface area contributed by atoms with E-state index in [-0.39, 0.29) is 77.6 Å². The summed E-state index contributed by atoms with van der Waals surface area (Å²) >= 11 is 0. The summed E-state index contributed by atoms with van der Waals surface area (Å²) in [6.07, 6.45) is 2.79. The number of nitrogens with one attached hydrogen (secondary N) is 2. The highest BCUT2D eigenvalue weighted by Gasteiger charge is 2.43.